The van der Waals surface area contributed by atoms with Crippen LogP contribution in [0.3, 0.4) is 0 Å². The molecular formula is C9H14O2. The Morgan fingerprint density at radius 1 is 1.45 bits per heavy atom. The van der Waals surface area contributed by atoms with Gasteiger partial charge in [0, 0.05) is 6.42 Å². The molecule has 2 N–H and O–H groups in total. The van der Waals surface area contributed by atoms with E-state index < -0.39 is 6.29 Å². The van der Waals surface area contributed by atoms with Crippen LogP contribution >= 0.6 is 0 Å². The van der Waals surface area contributed by atoms with Gasteiger partial charge >= 0.3 is 0 Å². The molecule has 0 unspecified atom stereocenters. The highest BCUT2D eigenvalue weighted by atomic mass is 16.5. The topological polar surface area (TPSA) is 40.5 Å². The number of rotatable bonds is 4. The van der Waals surface area contributed by atoms with Crippen molar-refractivity contribution in [3.63, 3.8) is 0 Å². The van der Waals surface area contributed by atoms with E-state index in [4.69, 9.17) is 10.2 Å². The van der Waals surface area contributed by atoms with E-state index in [9.17, 15) is 0 Å². The first-order valence-corrected chi connectivity index (χ1v) is 3.48. The van der Waals surface area contributed by atoms with E-state index in [1.165, 1.54) is 0 Å². The van der Waals surface area contributed by atoms with Crippen LogP contribution in [0.2, 0.25) is 0 Å². The zero-order valence-electron chi connectivity index (χ0n) is 6.70. The van der Waals surface area contributed by atoms with E-state index in [0.29, 0.717) is 6.42 Å². The lowest BCUT2D eigenvalue weighted by Crippen LogP contribution is -2.03. The summed E-state index contributed by atoms with van der Waals surface area (Å²) in [4.78, 5) is 0. The van der Waals surface area contributed by atoms with Gasteiger partial charge in [-0.2, -0.15) is 0 Å². The van der Waals surface area contributed by atoms with Gasteiger partial charge in [0.1, 0.15) is 0 Å². The van der Waals surface area contributed by atoms with E-state index in [-0.39, 0.29) is 0 Å². The summed E-state index contributed by atoms with van der Waals surface area (Å²) in [5.41, 5.74) is 0.929. The van der Waals surface area contributed by atoms with Crippen molar-refractivity contribution in [1.29, 1.82) is 0 Å². The molecule has 0 aromatic rings. The standard InChI is InChI=1S/C9H14O2/c1-3-4-5-6-8(2)7-9(10)11/h3-6,9-11H,1,7H2,2H3/b5-4-,8-6+. The van der Waals surface area contributed by atoms with Crippen LogP contribution in [0.1, 0.15) is 13.3 Å². The number of hydrogen-bond donors (Lipinski definition) is 2. The van der Waals surface area contributed by atoms with E-state index in [2.05, 4.69) is 6.58 Å². The van der Waals surface area contributed by atoms with Gasteiger partial charge in [-0.3, -0.25) is 0 Å². The third kappa shape index (κ3) is 7.03. The van der Waals surface area contributed by atoms with Gasteiger partial charge in [-0.15, -0.1) is 0 Å². The first-order chi connectivity index (χ1) is 5.16. The van der Waals surface area contributed by atoms with Crippen molar-refractivity contribution in [2.75, 3.05) is 0 Å². The summed E-state index contributed by atoms with van der Waals surface area (Å²) in [5.74, 6) is 0. The van der Waals surface area contributed by atoms with Crippen LogP contribution in [0, 0.1) is 0 Å². The highest BCUT2D eigenvalue weighted by Gasteiger charge is 1.95. The molecule has 0 fully saturated rings. The SMILES string of the molecule is C=C/C=C\C=C(/C)CC(O)O. The molecule has 0 atom stereocenters. The summed E-state index contributed by atoms with van der Waals surface area (Å²) in [5, 5.41) is 17.1. The maximum Gasteiger partial charge on any atom is 0.155 e. The van der Waals surface area contributed by atoms with Gasteiger partial charge in [0.25, 0.3) is 0 Å². The average Bonchev–Trinajstić information content (AvgIpc) is 1.86. The van der Waals surface area contributed by atoms with Gasteiger partial charge in [-0.1, -0.05) is 36.5 Å². The first kappa shape index (κ1) is 10.1. The molecule has 0 spiro atoms. The molecule has 62 valence electrons. The minimum Gasteiger partial charge on any atom is -0.368 e. The van der Waals surface area contributed by atoms with E-state index in [0.717, 1.165) is 5.57 Å². The maximum absolute atomic E-state index is 8.55. The van der Waals surface area contributed by atoms with Crippen LogP contribution in [0.15, 0.2) is 36.5 Å². The molecular weight excluding hydrogens is 140 g/mol. The summed E-state index contributed by atoms with van der Waals surface area (Å²) in [6.07, 6.45) is 6.13. The fraction of sp³-hybridized carbons (Fsp3) is 0.333. The molecule has 2 nitrogen and oxygen atoms in total. The molecule has 0 aliphatic heterocycles. The second-order valence-electron chi connectivity index (χ2n) is 2.32. The number of aliphatic hydroxyl groups excluding tert-OH is 1. The van der Waals surface area contributed by atoms with Crippen molar-refractivity contribution < 1.29 is 10.2 Å². The van der Waals surface area contributed by atoms with Gasteiger partial charge in [-0.25, -0.2) is 0 Å². The minimum atomic E-state index is -1.25. The van der Waals surface area contributed by atoms with Gasteiger partial charge < -0.3 is 10.2 Å². The zero-order chi connectivity index (χ0) is 8.69. The minimum absolute atomic E-state index is 0.293. The Morgan fingerprint density at radius 3 is 2.55 bits per heavy atom. The fourth-order valence-corrected chi connectivity index (χ4v) is 0.654. The summed E-state index contributed by atoms with van der Waals surface area (Å²) in [6, 6.07) is 0. The summed E-state index contributed by atoms with van der Waals surface area (Å²) < 4.78 is 0. The molecule has 0 radical (unpaired) electrons. The lowest BCUT2D eigenvalue weighted by Gasteiger charge is -2.00. The number of hydrogen-bond acceptors (Lipinski definition) is 2. The van der Waals surface area contributed by atoms with Crippen molar-refractivity contribution in [2.45, 2.75) is 19.6 Å². The summed E-state index contributed by atoms with van der Waals surface area (Å²) in [7, 11) is 0. The van der Waals surface area contributed by atoms with Crippen molar-refractivity contribution in [3.8, 4) is 0 Å². The van der Waals surface area contributed by atoms with Gasteiger partial charge in [0.15, 0.2) is 6.29 Å². The van der Waals surface area contributed by atoms with Gasteiger partial charge in [0.05, 0.1) is 0 Å². The predicted molar refractivity (Wildman–Crippen MR) is 45.9 cm³/mol. The van der Waals surface area contributed by atoms with Crippen molar-refractivity contribution in [3.05, 3.63) is 36.5 Å². The summed E-state index contributed by atoms with van der Waals surface area (Å²) in [6.45, 7) is 5.34. The molecule has 0 rings (SSSR count). The molecule has 0 saturated carbocycles. The molecule has 0 aliphatic rings. The Hall–Kier alpha value is -0.860. The molecule has 0 aliphatic carbocycles. The monoisotopic (exact) mass is 154 g/mol. The molecule has 0 saturated heterocycles. The Balaban J connectivity index is 3.80. The lowest BCUT2D eigenvalue weighted by atomic mass is 10.2. The first-order valence-electron chi connectivity index (χ1n) is 3.48. The Labute approximate surface area is 67.2 Å². The zero-order valence-corrected chi connectivity index (χ0v) is 6.70. The normalized spacial score (nSPS) is 12.9. The fourth-order valence-electron chi connectivity index (χ4n) is 0.654. The third-order valence-electron chi connectivity index (χ3n) is 1.13. The van der Waals surface area contributed by atoms with Crippen molar-refractivity contribution >= 4 is 0 Å². The molecule has 0 bridgehead atoms. The second-order valence-corrected chi connectivity index (χ2v) is 2.32. The largest absolute Gasteiger partial charge is 0.368 e. The molecule has 0 heterocycles. The average molecular weight is 154 g/mol. The van der Waals surface area contributed by atoms with Gasteiger partial charge in [0.2, 0.25) is 0 Å². The highest BCUT2D eigenvalue weighted by molar-refractivity contribution is 5.14. The van der Waals surface area contributed by atoms with Crippen LogP contribution in [-0.2, 0) is 0 Å². The molecule has 0 aromatic heterocycles. The Morgan fingerprint density at radius 2 is 2.09 bits per heavy atom. The van der Waals surface area contributed by atoms with E-state index in [1.54, 1.807) is 12.2 Å². The van der Waals surface area contributed by atoms with Crippen LogP contribution < -0.4 is 0 Å². The van der Waals surface area contributed by atoms with E-state index >= 15 is 0 Å². The Bertz CT molecular complexity index is 166. The molecule has 11 heavy (non-hydrogen) atoms. The smallest absolute Gasteiger partial charge is 0.155 e. The van der Waals surface area contributed by atoms with Crippen molar-refractivity contribution in [1.82, 2.24) is 0 Å². The van der Waals surface area contributed by atoms with Crippen LogP contribution in [0.5, 0.6) is 0 Å². The quantitative estimate of drug-likeness (QED) is 0.474. The second kappa shape index (κ2) is 5.89. The lowest BCUT2D eigenvalue weighted by molar-refractivity contribution is -0.0380. The maximum atomic E-state index is 8.55. The van der Waals surface area contributed by atoms with Crippen LogP contribution in [-0.4, -0.2) is 16.5 Å². The van der Waals surface area contributed by atoms with Crippen molar-refractivity contribution in [2.24, 2.45) is 0 Å². The molecule has 0 aromatic carbocycles. The molecule has 0 amide bonds. The predicted octanol–water partition coefficient (Wildman–Crippen LogP) is 1.38. The Kier molecular flexibility index (Phi) is 5.43. The number of aliphatic hydroxyl groups is 2. The van der Waals surface area contributed by atoms with E-state index in [1.807, 2.05) is 19.1 Å². The van der Waals surface area contributed by atoms with Crippen LogP contribution in [0.25, 0.3) is 0 Å². The van der Waals surface area contributed by atoms with Gasteiger partial charge in [-0.05, 0) is 6.92 Å². The highest BCUT2D eigenvalue weighted by Crippen LogP contribution is 2.02. The third-order valence-corrected chi connectivity index (χ3v) is 1.13. The van der Waals surface area contributed by atoms with Crippen LogP contribution in [0.4, 0.5) is 0 Å². The number of allylic oxidation sites excluding steroid dienone is 4. The summed E-state index contributed by atoms with van der Waals surface area (Å²) >= 11 is 0. The molecule has 2 heteroatoms.